The Balaban J connectivity index is 1.92. The summed E-state index contributed by atoms with van der Waals surface area (Å²) in [5.41, 5.74) is 5.69. The van der Waals surface area contributed by atoms with Gasteiger partial charge in [0, 0.05) is 24.8 Å². The first-order valence-corrected chi connectivity index (χ1v) is 7.26. The predicted molar refractivity (Wildman–Crippen MR) is 80.8 cm³/mol. The molecule has 0 radical (unpaired) electrons. The van der Waals surface area contributed by atoms with E-state index in [-0.39, 0.29) is 0 Å². The Hall–Kier alpha value is -1.54. The Kier molecular flexibility index (Phi) is 3.43. The van der Waals surface area contributed by atoms with Crippen molar-refractivity contribution >= 4 is 5.70 Å². The van der Waals surface area contributed by atoms with E-state index in [0.717, 1.165) is 13.1 Å². The largest absolute Gasteiger partial charge is 0.378 e. The molecule has 0 spiro atoms. The summed E-state index contributed by atoms with van der Waals surface area (Å²) in [6.45, 7) is 8.00. The minimum absolute atomic E-state index is 0.449. The summed E-state index contributed by atoms with van der Waals surface area (Å²) in [4.78, 5) is 2.53. The molecule has 2 aliphatic rings. The highest BCUT2D eigenvalue weighted by Gasteiger charge is 2.25. The molecule has 1 aromatic rings. The maximum absolute atomic E-state index is 3.65. The Morgan fingerprint density at radius 2 is 2.05 bits per heavy atom. The number of hydrogen-bond donors (Lipinski definition) is 1. The van der Waals surface area contributed by atoms with Crippen LogP contribution >= 0.6 is 0 Å². The zero-order valence-electron chi connectivity index (χ0n) is 11.8. The molecule has 100 valence electrons. The van der Waals surface area contributed by atoms with Gasteiger partial charge in [-0.1, -0.05) is 37.3 Å². The van der Waals surface area contributed by atoms with Gasteiger partial charge in [-0.25, -0.2) is 0 Å². The molecule has 0 bridgehead atoms. The predicted octanol–water partition coefficient (Wildman–Crippen LogP) is 3.04. The molecule has 0 aromatic heterocycles. The maximum atomic E-state index is 3.65. The molecule has 2 aliphatic heterocycles. The first-order chi connectivity index (χ1) is 9.28. The van der Waals surface area contributed by atoms with Crippen molar-refractivity contribution in [3.8, 4) is 0 Å². The normalized spacial score (nSPS) is 23.7. The zero-order valence-corrected chi connectivity index (χ0v) is 11.8. The summed E-state index contributed by atoms with van der Waals surface area (Å²) in [6, 6.07) is 11.1. The highest BCUT2D eigenvalue weighted by Crippen LogP contribution is 2.29. The topological polar surface area (TPSA) is 15.3 Å². The maximum Gasteiger partial charge on any atom is 0.0463 e. The van der Waals surface area contributed by atoms with Gasteiger partial charge in [0.1, 0.15) is 0 Å². The van der Waals surface area contributed by atoms with Crippen LogP contribution in [-0.4, -0.2) is 30.6 Å². The first kappa shape index (κ1) is 12.5. The van der Waals surface area contributed by atoms with E-state index in [1.807, 2.05) is 0 Å². The van der Waals surface area contributed by atoms with Crippen molar-refractivity contribution in [1.82, 2.24) is 10.2 Å². The van der Waals surface area contributed by atoms with E-state index in [2.05, 4.69) is 60.5 Å². The number of nitrogens with zero attached hydrogens (tertiary/aromatic N) is 1. The van der Waals surface area contributed by atoms with Gasteiger partial charge in [0.25, 0.3) is 0 Å². The van der Waals surface area contributed by atoms with Crippen LogP contribution in [0.4, 0.5) is 0 Å². The summed E-state index contributed by atoms with van der Waals surface area (Å²) in [7, 11) is 0. The molecule has 19 heavy (non-hydrogen) atoms. The fourth-order valence-corrected chi connectivity index (χ4v) is 3.03. The Morgan fingerprint density at radius 1 is 1.26 bits per heavy atom. The van der Waals surface area contributed by atoms with Gasteiger partial charge in [0.2, 0.25) is 0 Å². The van der Waals surface area contributed by atoms with Crippen molar-refractivity contribution in [2.75, 3.05) is 19.6 Å². The molecule has 0 amide bonds. The fourth-order valence-electron chi connectivity index (χ4n) is 3.03. The van der Waals surface area contributed by atoms with Crippen molar-refractivity contribution in [3.63, 3.8) is 0 Å². The first-order valence-electron chi connectivity index (χ1n) is 7.26. The summed E-state index contributed by atoms with van der Waals surface area (Å²) < 4.78 is 0. The minimum Gasteiger partial charge on any atom is -0.378 e. The second kappa shape index (κ2) is 5.22. The number of benzene rings is 1. The van der Waals surface area contributed by atoms with Crippen LogP contribution in [0.15, 0.2) is 47.6 Å². The van der Waals surface area contributed by atoms with Gasteiger partial charge in [-0.15, -0.1) is 0 Å². The number of dihydropyridines is 1. The van der Waals surface area contributed by atoms with Crippen molar-refractivity contribution in [2.24, 2.45) is 0 Å². The van der Waals surface area contributed by atoms with Gasteiger partial charge in [-0.3, -0.25) is 4.90 Å². The molecule has 0 saturated carbocycles. The average molecular weight is 254 g/mol. The van der Waals surface area contributed by atoms with E-state index in [0.29, 0.717) is 6.04 Å². The number of rotatable bonds is 2. The lowest BCUT2D eigenvalue weighted by molar-refractivity contribution is 0.293. The van der Waals surface area contributed by atoms with E-state index in [4.69, 9.17) is 0 Å². The second-order valence-electron chi connectivity index (χ2n) is 5.46. The molecule has 2 heterocycles. The number of hydrogen-bond acceptors (Lipinski definition) is 2. The van der Waals surface area contributed by atoms with Crippen LogP contribution in [0.3, 0.4) is 0 Å². The van der Waals surface area contributed by atoms with Gasteiger partial charge in [-0.05, 0) is 42.7 Å². The van der Waals surface area contributed by atoms with E-state index in [1.165, 1.54) is 24.2 Å². The van der Waals surface area contributed by atoms with Crippen LogP contribution in [-0.2, 0) is 0 Å². The van der Waals surface area contributed by atoms with E-state index < -0.39 is 0 Å². The average Bonchev–Trinajstić information content (AvgIpc) is 2.48. The summed E-state index contributed by atoms with van der Waals surface area (Å²) in [5, 5.41) is 3.65. The Bertz CT molecular complexity index is 513. The molecule has 1 atom stereocenters. The van der Waals surface area contributed by atoms with Crippen molar-refractivity contribution < 1.29 is 0 Å². The van der Waals surface area contributed by atoms with Crippen LogP contribution in [0.25, 0.3) is 5.70 Å². The summed E-state index contributed by atoms with van der Waals surface area (Å²) in [5.74, 6) is 0. The molecule has 1 N–H and O–H groups in total. The van der Waals surface area contributed by atoms with Crippen LogP contribution in [0.2, 0.25) is 0 Å². The van der Waals surface area contributed by atoms with Gasteiger partial charge in [0.05, 0.1) is 0 Å². The molecular formula is C17H22N2. The molecule has 2 nitrogen and oxygen atoms in total. The van der Waals surface area contributed by atoms with Crippen LogP contribution < -0.4 is 5.32 Å². The third-order valence-electron chi connectivity index (χ3n) is 4.25. The van der Waals surface area contributed by atoms with Gasteiger partial charge < -0.3 is 5.32 Å². The molecule has 1 unspecified atom stereocenters. The monoisotopic (exact) mass is 254 g/mol. The Morgan fingerprint density at radius 3 is 2.79 bits per heavy atom. The molecular weight excluding hydrogens is 232 g/mol. The lowest BCUT2D eigenvalue weighted by Crippen LogP contribution is -2.40. The van der Waals surface area contributed by atoms with Gasteiger partial charge >= 0.3 is 0 Å². The van der Waals surface area contributed by atoms with Crippen LogP contribution in [0, 0.1) is 0 Å². The summed E-state index contributed by atoms with van der Waals surface area (Å²) >= 11 is 0. The lowest BCUT2D eigenvalue weighted by atomic mass is 9.90. The third kappa shape index (κ3) is 2.45. The van der Waals surface area contributed by atoms with Crippen LogP contribution in [0.5, 0.6) is 0 Å². The highest BCUT2D eigenvalue weighted by molar-refractivity contribution is 5.69. The molecule has 3 rings (SSSR count). The van der Waals surface area contributed by atoms with E-state index >= 15 is 0 Å². The molecule has 0 saturated heterocycles. The van der Waals surface area contributed by atoms with Crippen molar-refractivity contribution in [3.05, 3.63) is 53.1 Å². The van der Waals surface area contributed by atoms with Gasteiger partial charge in [-0.2, -0.15) is 0 Å². The van der Waals surface area contributed by atoms with E-state index in [1.54, 1.807) is 11.1 Å². The smallest absolute Gasteiger partial charge is 0.0463 e. The summed E-state index contributed by atoms with van der Waals surface area (Å²) in [6.07, 6.45) is 3.54. The van der Waals surface area contributed by atoms with E-state index in [9.17, 15) is 0 Å². The zero-order chi connectivity index (χ0) is 13.2. The van der Waals surface area contributed by atoms with Crippen molar-refractivity contribution in [2.45, 2.75) is 26.3 Å². The third-order valence-corrected chi connectivity index (χ3v) is 4.25. The Labute approximate surface area is 115 Å². The molecule has 0 fully saturated rings. The molecule has 2 heteroatoms. The van der Waals surface area contributed by atoms with Gasteiger partial charge in [0.15, 0.2) is 0 Å². The SMILES string of the molecule is CCN1CCC2=C(C1)C(C)NC(c1ccccc1)=C2. The van der Waals surface area contributed by atoms with Crippen LogP contribution in [0.1, 0.15) is 25.8 Å². The quantitative estimate of drug-likeness (QED) is 0.872. The molecule has 1 aromatic carbocycles. The fraction of sp³-hybridized carbons (Fsp3) is 0.412. The number of likely N-dealkylation sites (N-methyl/N-ethyl adjacent to an activating group) is 1. The standard InChI is InChI=1S/C17H22N2/c1-3-19-10-9-15-11-17(14-7-5-4-6-8-14)18-13(2)16(15)12-19/h4-8,11,13,18H,3,9-10,12H2,1-2H3. The lowest BCUT2D eigenvalue weighted by Gasteiger charge is -2.36. The number of nitrogens with one attached hydrogen (secondary N) is 1. The second-order valence-corrected chi connectivity index (χ2v) is 5.46. The highest BCUT2D eigenvalue weighted by atomic mass is 15.1. The number of allylic oxidation sites excluding steroid dienone is 1. The minimum atomic E-state index is 0.449. The van der Waals surface area contributed by atoms with Crippen molar-refractivity contribution in [1.29, 1.82) is 0 Å². The molecule has 0 aliphatic carbocycles.